The van der Waals surface area contributed by atoms with Crippen LogP contribution in [0.25, 0.3) is 0 Å². The van der Waals surface area contributed by atoms with Crippen LogP contribution in [0.4, 0.5) is 10.5 Å². The van der Waals surface area contributed by atoms with Crippen LogP contribution in [-0.4, -0.2) is 36.0 Å². The molecule has 0 atom stereocenters. The third-order valence-corrected chi connectivity index (χ3v) is 5.30. The van der Waals surface area contributed by atoms with Gasteiger partial charge in [0.15, 0.2) is 0 Å². The molecule has 0 bridgehead atoms. The van der Waals surface area contributed by atoms with Crippen LogP contribution in [-0.2, 0) is 17.6 Å². The van der Waals surface area contributed by atoms with E-state index in [2.05, 4.69) is 42.7 Å². The fraction of sp³-hybridized carbons (Fsp3) is 0.600. The maximum atomic E-state index is 12.7. The number of urea groups is 1. The third-order valence-electron chi connectivity index (χ3n) is 5.30. The van der Waals surface area contributed by atoms with Crippen LogP contribution in [0, 0.1) is 5.92 Å². The SMILES string of the molecule is CCc1cccc(CC)c1NC(=O)C1CCN(C(=O)NC2CC2)CC1. The highest BCUT2D eigenvalue weighted by Gasteiger charge is 2.30. The summed E-state index contributed by atoms with van der Waals surface area (Å²) in [5.74, 6) is 0.0810. The van der Waals surface area contributed by atoms with E-state index in [1.165, 1.54) is 11.1 Å². The maximum Gasteiger partial charge on any atom is 0.317 e. The third kappa shape index (κ3) is 4.33. The number of hydrogen-bond acceptors (Lipinski definition) is 2. The summed E-state index contributed by atoms with van der Waals surface area (Å²) in [6.45, 7) is 5.54. The second kappa shape index (κ2) is 7.89. The highest BCUT2D eigenvalue weighted by atomic mass is 16.2. The number of carbonyl (C=O) groups excluding carboxylic acids is 2. The molecule has 2 fully saturated rings. The van der Waals surface area contributed by atoms with Gasteiger partial charge in [-0.15, -0.1) is 0 Å². The van der Waals surface area contributed by atoms with E-state index in [-0.39, 0.29) is 17.9 Å². The zero-order chi connectivity index (χ0) is 17.8. The van der Waals surface area contributed by atoms with E-state index in [0.717, 1.165) is 44.2 Å². The molecule has 5 heteroatoms. The van der Waals surface area contributed by atoms with Crippen molar-refractivity contribution in [2.75, 3.05) is 18.4 Å². The summed E-state index contributed by atoms with van der Waals surface area (Å²) in [6, 6.07) is 6.64. The number of hydrogen-bond donors (Lipinski definition) is 2. The predicted molar refractivity (Wildman–Crippen MR) is 99.7 cm³/mol. The van der Waals surface area contributed by atoms with E-state index in [1.54, 1.807) is 0 Å². The molecule has 1 saturated carbocycles. The first-order valence-corrected chi connectivity index (χ1v) is 9.59. The Morgan fingerprint density at radius 2 is 1.64 bits per heavy atom. The molecule has 5 nitrogen and oxygen atoms in total. The smallest absolute Gasteiger partial charge is 0.317 e. The van der Waals surface area contributed by atoms with Crippen LogP contribution in [0.15, 0.2) is 18.2 Å². The molecule has 3 rings (SSSR count). The van der Waals surface area contributed by atoms with Crippen molar-refractivity contribution >= 4 is 17.6 Å². The van der Waals surface area contributed by atoms with E-state index >= 15 is 0 Å². The second-order valence-corrected chi connectivity index (χ2v) is 7.13. The largest absolute Gasteiger partial charge is 0.335 e. The van der Waals surface area contributed by atoms with Gasteiger partial charge in [0, 0.05) is 30.7 Å². The van der Waals surface area contributed by atoms with Gasteiger partial charge in [0.05, 0.1) is 0 Å². The number of likely N-dealkylation sites (tertiary alicyclic amines) is 1. The lowest BCUT2D eigenvalue weighted by atomic mass is 9.95. The molecular formula is C20H29N3O2. The summed E-state index contributed by atoms with van der Waals surface area (Å²) in [7, 11) is 0. The van der Waals surface area contributed by atoms with Crippen LogP contribution >= 0.6 is 0 Å². The van der Waals surface area contributed by atoms with Gasteiger partial charge in [0.2, 0.25) is 5.91 Å². The van der Waals surface area contributed by atoms with Crippen molar-refractivity contribution in [1.29, 1.82) is 0 Å². The fourth-order valence-corrected chi connectivity index (χ4v) is 3.47. The number of anilines is 1. The molecule has 0 radical (unpaired) electrons. The first-order chi connectivity index (χ1) is 12.1. The molecule has 2 N–H and O–H groups in total. The van der Waals surface area contributed by atoms with E-state index in [0.29, 0.717) is 19.1 Å². The number of rotatable bonds is 5. The lowest BCUT2D eigenvalue weighted by molar-refractivity contribution is -0.121. The molecule has 0 aromatic heterocycles. The first-order valence-electron chi connectivity index (χ1n) is 9.59. The van der Waals surface area contributed by atoms with Crippen molar-refractivity contribution in [2.45, 2.75) is 58.4 Å². The minimum atomic E-state index is -0.0143. The Morgan fingerprint density at radius 3 is 2.16 bits per heavy atom. The van der Waals surface area contributed by atoms with Gasteiger partial charge in [-0.2, -0.15) is 0 Å². The van der Waals surface area contributed by atoms with Crippen molar-refractivity contribution in [3.05, 3.63) is 29.3 Å². The summed E-state index contributed by atoms with van der Waals surface area (Å²) in [6.07, 6.45) is 5.48. The minimum absolute atomic E-state index is 0.0143. The highest BCUT2D eigenvalue weighted by molar-refractivity contribution is 5.94. The lowest BCUT2D eigenvalue weighted by Crippen LogP contribution is -2.46. The minimum Gasteiger partial charge on any atom is -0.335 e. The number of aryl methyl sites for hydroxylation is 2. The Kier molecular flexibility index (Phi) is 5.61. The van der Waals surface area contributed by atoms with Crippen LogP contribution < -0.4 is 10.6 Å². The van der Waals surface area contributed by atoms with Crippen LogP contribution in [0.1, 0.15) is 50.7 Å². The maximum absolute atomic E-state index is 12.7. The van der Waals surface area contributed by atoms with Gasteiger partial charge < -0.3 is 15.5 Å². The van der Waals surface area contributed by atoms with Gasteiger partial charge in [0.25, 0.3) is 0 Å². The fourth-order valence-electron chi connectivity index (χ4n) is 3.47. The van der Waals surface area contributed by atoms with E-state index in [9.17, 15) is 9.59 Å². The molecule has 3 amide bonds. The molecule has 0 spiro atoms. The van der Waals surface area contributed by atoms with Gasteiger partial charge in [-0.1, -0.05) is 32.0 Å². The van der Waals surface area contributed by atoms with Gasteiger partial charge in [-0.25, -0.2) is 4.79 Å². The molecular weight excluding hydrogens is 314 g/mol. The normalized spacial score (nSPS) is 18.1. The van der Waals surface area contributed by atoms with Gasteiger partial charge in [-0.05, 0) is 49.7 Å². The average molecular weight is 343 g/mol. The molecule has 2 aliphatic rings. The number of piperidine rings is 1. The van der Waals surface area contributed by atoms with Crippen molar-refractivity contribution in [1.82, 2.24) is 10.2 Å². The topological polar surface area (TPSA) is 61.4 Å². The Balaban J connectivity index is 1.57. The van der Waals surface area contributed by atoms with Crippen LogP contribution in [0.3, 0.4) is 0 Å². The zero-order valence-corrected chi connectivity index (χ0v) is 15.3. The zero-order valence-electron chi connectivity index (χ0n) is 15.3. The average Bonchev–Trinajstić information content (AvgIpc) is 3.45. The van der Waals surface area contributed by atoms with Crippen molar-refractivity contribution in [3.63, 3.8) is 0 Å². The Hall–Kier alpha value is -2.04. The number of amides is 3. The Bertz CT molecular complexity index is 610. The van der Waals surface area contributed by atoms with Crippen LogP contribution in [0.5, 0.6) is 0 Å². The van der Waals surface area contributed by atoms with E-state index in [1.807, 2.05) is 4.90 Å². The van der Waals surface area contributed by atoms with Gasteiger partial charge in [0.1, 0.15) is 0 Å². The van der Waals surface area contributed by atoms with Gasteiger partial charge >= 0.3 is 6.03 Å². The molecule has 1 aliphatic heterocycles. The Morgan fingerprint density at radius 1 is 1.04 bits per heavy atom. The first kappa shape index (κ1) is 17.8. The second-order valence-electron chi connectivity index (χ2n) is 7.13. The number of nitrogens with one attached hydrogen (secondary N) is 2. The highest BCUT2D eigenvalue weighted by Crippen LogP contribution is 2.26. The molecule has 1 heterocycles. The van der Waals surface area contributed by atoms with Crippen molar-refractivity contribution in [2.24, 2.45) is 5.92 Å². The van der Waals surface area contributed by atoms with E-state index in [4.69, 9.17) is 0 Å². The lowest BCUT2D eigenvalue weighted by Gasteiger charge is -2.31. The number of carbonyl (C=O) groups is 2. The van der Waals surface area contributed by atoms with Crippen molar-refractivity contribution in [3.8, 4) is 0 Å². The molecule has 1 saturated heterocycles. The summed E-state index contributed by atoms with van der Waals surface area (Å²) in [5.41, 5.74) is 3.37. The monoisotopic (exact) mass is 343 g/mol. The molecule has 1 aromatic rings. The molecule has 136 valence electrons. The number of benzene rings is 1. The molecule has 1 aromatic carbocycles. The number of nitrogens with zero attached hydrogens (tertiary/aromatic N) is 1. The molecule has 0 unspecified atom stereocenters. The van der Waals surface area contributed by atoms with E-state index < -0.39 is 0 Å². The predicted octanol–water partition coefficient (Wildman–Crippen LogP) is 3.33. The van der Waals surface area contributed by atoms with Gasteiger partial charge in [-0.3, -0.25) is 4.79 Å². The standard InChI is InChI=1S/C20H29N3O2/c1-3-14-6-5-7-15(4-2)18(14)22-19(24)16-10-12-23(13-11-16)20(25)21-17-8-9-17/h5-7,16-17H,3-4,8-13H2,1-2H3,(H,21,25)(H,22,24). The van der Waals surface area contributed by atoms with Crippen molar-refractivity contribution < 1.29 is 9.59 Å². The summed E-state index contributed by atoms with van der Waals surface area (Å²) >= 11 is 0. The summed E-state index contributed by atoms with van der Waals surface area (Å²) in [4.78, 5) is 26.7. The van der Waals surface area contributed by atoms with Crippen LogP contribution in [0.2, 0.25) is 0 Å². The molecule has 1 aliphatic carbocycles. The molecule has 25 heavy (non-hydrogen) atoms. The summed E-state index contributed by atoms with van der Waals surface area (Å²) < 4.78 is 0. The summed E-state index contributed by atoms with van der Waals surface area (Å²) in [5, 5.41) is 6.20. The number of para-hydroxylation sites is 1. The quantitative estimate of drug-likeness (QED) is 0.861. The Labute approximate surface area is 150 Å².